The first-order valence-corrected chi connectivity index (χ1v) is 6.51. The number of ether oxygens (including phenoxy) is 3. The first-order valence-electron chi connectivity index (χ1n) is 6.51. The standard InChI is InChI=1S/C12H9F11O5/c1-3-6(24)26-4-5(2)27-7(25)8(13,10(16,17)18)28-12(22,23)9(14,15)11(19,20)21/h3,5H,1,4H2,2H3. The largest absolute Gasteiger partial charge is 0.462 e. The zero-order chi connectivity index (χ0) is 22.8. The van der Waals surface area contributed by atoms with E-state index in [9.17, 15) is 57.9 Å². The molecule has 0 rings (SSSR count). The van der Waals surface area contributed by atoms with E-state index in [0.29, 0.717) is 13.0 Å². The highest BCUT2D eigenvalue weighted by Crippen LogP contribution is 2.51. The number of esters is 2. The highest BCUT2D eigenvalue weighted by Gasteiger charge is 2.80. The lowest BCUT2D eigenvalue weighted by molar-refractivity contribution is -0.475. The van der Waals surface area contributed by atoms with Gasteiger partial charge in [0, 0.05) is 6.08 Å². The molecule has 0 saturated carbocycles. The van der Waals surface area contributed by atoms with Gasteiger partial charge in [-0.3, -0.25) is 4.74 Å². The third-order valence-corrected chi connectivity index (χ3v) is 2.55. The van der Waals surface area contributed by atoms with Gasteiger partial charge in [-0.2, -0.15) is 48.3 Å². The van der Waals surface area contributed by atoms with Crippen molar-refractivity contribution >= 4 is 11.9 Å². The second kappa shape index (κ2) is 8.08. The number of halogens is 11. The zero-order valence-electron chi connectivity index (χ0n) is 13.3. The average molecular weight is 442 g/mol. The monoisotopic (exact) mass is 442 g/mol. The van der Waals surface area contributed by atoms with Crippen LogP contribution in [0.25, 0.3) is 0 Å². The fourth-order valence-corrected chi connectivity index (χ4v) is 1.17. The first-order chi connectivity index (χ1) is 12.2. The summed E-state index contributed by atoms with van der Waals surface area (Å²) in [6.07, 6.45) is -22.7. The Bertz CT molecular complexity index is 598. The third-order valence-electron chi connectivity index (χ3n) is 2.55. The highest BCUT2D eigenvalue weighted by molar-refractivity contribution is 5.81. The molecule has 0 aliphatic carbocycles. The van der Waals surface area contributed by atoms with Gasteiger partial charge in [-0.05, 0) is 6.92 Å². The van der Waals surface area contributed by atoms with Crippen LogP contribution >= 0.6 is 0 Å². The number of alkyl halides is 11. The number of carbonyl (C=O) groups is 2. The summed E-state index contributed by atoms with van der Waals surface area (Å²) in [5.41, 5.74) is 0. The van der Waals surface area contributed by atoms with E-state index >= 15 is 0 Å². The zero-order valence-corrected chi connectivity index (χ0v) is 13.3. The predicted octanol–water partition coefficient (Wildman–Crippen LogP) is 3.68. The summed E-state index contributed by atoms with van der Waals surface area (Å²) in [7, 11) is 0. The lowest BCUT2D eigenvalue weighted by Gasteiger charge is -2.34. The molecule has 2 unspecified atom stereocenters. The summed E-state index contributed by atoms with van der Waals surface area (Å²) in [5, 5.41) is 0. The van der Waals surface area contributed by atoms with Crippen molar-refractivity contribution in [3.8, 4) is 0 Å². The Morgan fingerprint density at radius 1 is 0.929 bits per heavy atom. The maximum absolute atomic E-state index is 13.8. The van der Waals surface area contributed by atoms with E-state index in [2.05, 4.69) is 16.1 Å². The lowest BCUT2D eigenvalue weighted by Crippen LogP contribution is -2.62. The van der Waals surface area contributed by atoms with E-state index in [4.69, 9.17) is 0 Å². The summed E-state index contributed by atoms with van der Waals surface area (Å²) in [6.45, 7) is 2.45. The molecule has 164 valence electrons. The molecule has 0 aromatic carbocycles. The van der Waals surface area contributed by atoms with Gasteiger partial charge in [-0.1, -0.05) is 6.58 Å². The Balaban J connectivity index is 5.69. The van der Waals surface area contributed by atoms with Crippen molar-refractivity contribution in [2.24, 2.45) is 0 Å². The molecule has 0 aromatic heterocycles. The quantitative estimate of drug-likeness (QED) is 0.326. The van der Waals surface area contributed by atoms with Gasteiger partial charge >= 0.3 is 42.2 Å². The Morgan fingerprint density at radius 3 is 1.75 bits per heavy atom. The average Bonchev–Trinajstić information content (AvgIpc) is 2.49. The molecule has 0 saturated heterocycles. The summed E-state index contributed by atoms with van der Waals surface area (Å²) in [5.74, 6) is -18.4. The van der Waals surface area contributed by atoms with Gasteiger partial charge in [-0.25, -0.2) is 9.59 Å². The molecule has 0 N–H and O–H groups in total. The van der Waals surface area contributed by atoms with Crippen LogP contribution in [0.4, 0.5) is 48.3 Å². The van der Waals surface area contributed by atoms with E-state index in [0.717, 1.165) is 0 Å². The molecule has 0 fully saturated rings. The van der Waals surface area contributed by atoms with Gasteiger partial charge in [-0.15, -0.1) is 0 Å². The second-order valence-electron chi connectivity index (χ2n) is 4.83. The Labute approximate surface area is 148 Å². The van der Waals surface area contributed by atoms with Gasteiger partial charge in [0.05, 0.1) is 0 Å². The first kappa shape index (κ1) is 25.9. The Hall–Kier alpha value is -2.13. The summed E-state index contributed by atoms with van der Waals surface area (Å²) in [4.78, 5) is 21.9. The molecule has 0 aliphatic rings. The number of rotatable bonds is 8. The molecule has 2 atom stereocenters. The molecule has 0 aliphatic heterocycles. The number of carbonyl (C=O) groups excluding carboxylic acids is 2. The molecular formula is C12H9F11O5. The van der Waals surface area contributed by atoms with E-state index < -0.39 is 54.9 Å². The van der Waals surface area contributed by atoms with Crippen molar-refractivity contribution in [1.29, 1.82) is 0 Å². The second-order valence-corrected chi connectivity index (χ2v) is 4.83. The fourth-order valence-electron chi connectivity index (χ4n) is 1.17. The summed E-state index contributed by atoms with van der Waals surface area (Å²) in [6, 6.07) is 0. The van der Waals surface area contributed by atoms with Crippen molar-refractivity contribution in [2.45, 2.75) is 43.3 Å². The molecule has 16 heteroatoms. The van der Waals surface area contributed by atoms with Crippen LogP contribution in [-0.4, -0.2) is 54.9 Å². The smallest absolute Gasteiger partial charge is 0.459 e. The van der Waals surface area contributed by atoms with Crippen molar-refractivity contribution in [2.75, 3.05) is 6.61 Å². The molecule has 28 heavy (non-hydrogen) atoms. The van der Waals surface area contributed by atoms with Crippen LogP contribution in [0.5, 0.6) is 0 Å². The van der Waals surface area contributed by atoms with E-state index in [1.165, 1.54) is 0 Å². The molecule has 0 amide bonds. The Morgan fingerprint density at radius 2 is 1.39 bits per heavy atom. The Kier molecular flexibility index (Phi) is 7.47. The van der Waals surface area contributed by atoms with Crippen LogP contribution in [0.1, 0.15) is 6.92 Å². The minimum atomic E-state index is -7.31. The number of hydrogen-bond acceptors (Lipinski definition) is 5. The molecule has 0 spiro atoms. The van der Waals surface area contributed by atoms with Crippen LogP contribution < -0.4 is 0 Å². The lowest BCUT2D eigenvalue weighted by atomic mass is 10.2. The van der Waals surface area contributed by atoms with E-state index in [1.807, 2.05) is 4.74 Å². The van der Waals surface area contributed by atoms with Crippen LogP contribution in [0.3, 0.4) is 0 Å². The van der Waals surface area contributed by atoms with Crippen molar-refractivity contribution in [3.63, 3.8) is 0 Å². The topological polar surface area (TPSA) is 61.8 Å². The minimum absolute atomic E-state index is 0.534. The SMILES string of the molecule is C=CC(=O)OCC(C)OC(=O)C(F)(OC(F)(F)C(F)(F)C(F)(F)F)C(F)(F)F. The summed E-state index contributed by atoms with van der Waals surface area (Å²) >= 11 is 0. The van der Waals surface area contributed by atoms with Crippen LogP contribution in [0.15, 0.2) is 12.7 Å². The van der Waals surface area contributed by atoms with Gasteiger partial charge < -0.3 is 9.47 Å². The van der Waals surface area contributed by atoms with Gasteiger partial charge in [0.2, 0.25) is 0 Å². The molecule has 0 aromatic rings. The maximum Gasteiger partial charge on any atom is 0.462 e. The normalized spacial score (nSPS) is 16.7. The molecule has 0 radical (unpaired) electrons. The summed E-state index contributed by atoms with van der Waals surface area (Å²) < 4.78 is 149. The van der Waals surface area contributed by atoms with Crippen LogP contribution in [0, 0.1) is 0 Å². The highest BCUT2D eigenvalue weighted by atomic mass is 19.4. The number of hydrogen-bond donors (Lipinski definition) is 0. The van der Waals surface area contributed by atoms with Crippen molar-refractivity contribution in [3.05, 3.63) is 12.7 Å². The molecule has 0 heterocycles. The van der Waals surface area contributed by atoms with Gasteiger partial charge in [0.1, 0.15) is 12.7 Å². The minimum Gasteiger partial charge on any atom is -0.459 e. The predicted molar refractivity (Wildman–Crippen MR) is 63.6 cm³/mol. The van der Waals surface area contributed by atoms with Gasteiger partial charge in [0.25, 0.3) is 0 Å². The van der Waals surface area contributed by atoms with Crippen molar-refractivity contribution < 1.29 is 72.1 Å². The molecular weight excluding hydrogens is 433 g/mol. The van der Waals surface area contributed by atoms with Crippen LogP contribution in [0.2, 0.25) is 0 Å². The maximum atomic E-state index is 13.8. The third kappa shape index (κ3) is 5.45. The fraction of sp³-hybridized carbons (Fsp3) is 0.667. The van der Waals surface area contributed by atoms with E-state index in [1.54, 1.807) is 0 Å². The molecule has 5 nitrogen and oxygen atoms in total. The molecule has 0 bridgehead atoms. The van der Waals surface area contributed by atoms with Crippen molar-refractivity contribution in [1.82, 2.24) is 0 Å². The van der Waals surface area contributed by atoms with Crippen LogP contribution in [-0.2, 0) is 23.8 Å². The van der Waals surface area contributed by atoms with Gasteiger partial charge in [0.15, 0.2) is 0 Å². The van der Waals surface area contributed by atoms with E-state index in [-0.39, 0.29) is 0 Å².